The van der Waals surface area contributed by atoms with E-state index in [1.54, 1.807) is 0 Å². The number of fused-ring (bicyclic) bond motifs is 10. The Labute approximate surface area is 313 Å². The second-order valence-corrected chi connectivity index (χ2v) is 14.0. The highest BCUT2D eigenvalue weighted by atomic mass is 16.5. The van der Waals surface area contributed by atoms with E-state index in [1.807, 2.05) is 36.7 Å². The topological polar surface area (TPSA) is 47.9 Å². The van der Waals surface area contributed by atoms with Crippen molar-refractivity contribution in [3.63, 3.8) is 0 Å². The Balaban J connectivity index is 1.17. The molecule has 1 aliphatic heterocycles. The van der Waals surface area contributed by atoms with Gasteiger partial charge in [0.1, 0.15) is 11.5 Å². The first-order valence-electron chi connectivity index (χ1n) is 18.2. The number of pyridine rings is 1. The average molecular weight is 690 g/mol. The molecule has 11 rings (SSSR count). The van der Waals surface area contributed by atoms with E-state index in [1.165, 1.54) is 33.0 Å². The monoisotopic (exact) mass is 689 g/mol. The van der Waals surface area contributed by atoms with Crippen LogP contribution in [0.5, 0.6) is 11.5 Å². The number of ether oxygens (including phenoxy) is 1. The summed E-state index contributed by atoms with van der Waals surface area (Å²) in [4.78, 5) is 14.8. The molecule has 4 nitrogen and oxygen atoms in total. The number of hydrogen-bond acceptors (Lipinski definition) is 4. The fourth-order valence-electron chi connectivity index (χ4n) is 8.59. The summed E-state index contributed by atoms with van der Waals surface area (Å²) >= 11 is 0. The van der Waals surface area contributed by atoms with E-state index in [9.17, 15) is 0 Å². The van der Waals surface area contributed by atoms with Crippen molar-refractivity contribution in [1.82, 2.24) is 15.0 Å². The van der Waals surface area contributed by atoms with Crippen molar-refractivity contribution in [2.75, 3.05) is 0 Å². The summed E-state index contributed by atoms with van der Waals surface area (Å²) in [5.74, 6) is 2.44. The molecule has 9 aromatic rings. The van der Waals surface area contributed by atoms with Crippen molar-refractivity contribution in [1.29, 1.82) is 0 Å². The van der Waals surface area contributed by atoms with Gasteiger partial charge in [0.25, 0.3) is 0 Å². The van der Waals surface area contributed by atoms with Gasteiger partial charge < -0.3 is 4.74 Å². The van der Waals surface area contributed by atoms with Gasteiger partial charge in [-0.15, -0.1) is 0 Å². The van der Waals surface area contributed by atoms with Crippen molar-refractivity contribution in [2.45, 2.75) is 5.41 Å². The molecule has 0 atom stereocenters. The van der Waals surface area contributed by atoms with Crippen LogP contribution in [0.15, 0.2) is 188 Å². The van der Waals surface area contributed by atoms with Crippen LogP contribution in [0.1, 0.15) is 22.3 Å². The summed E-state index contributed by atoms with van der Waals surface area (Å²) in [5.41, 5.74) is 13.5. The average Bonchev–Trinajstić information content (AvgIpc) is 3.53. The molecule has 7 aromatic carbocycles. The second kappa shape index (κ2) is 11.9. The zero-order valence-electron chi connectivity index (χ0n) is 29.1. The van der Waals surface area contributed by atoms with Crippen LogP contribution in [0.4, 0.5) is 0 Å². The van der Waals surface area contributed by atoms with Gasteiger partial charge >= 0.3 is 0 Å². The molecule has 2 aromatic heterocycles. The molecular formula is C50H31N3O. The fourth-order valence-corrected chi connectivity index (χ4v) is 8.59. The van der Waals surface area contributed by atoms with E-state index in [2.05, 4.69) is 157 Å². The Bertz CT molecular complexity index is 2870. The van der Waals surface area contributed by atoms with Crippen molar-refractivity contribution in [2.24, 2.45) is 0 Å². The lowest BCUT2D eigenvalue weighted by molar-refractivity contribution is 0.436. The van der Waals surface area contributed by atoms with Gasteiger partial charge in [0.15, 0.2) is 5.82 Å². The summed E-state index contributed by atoms with van der Waals surface area (Å²) in [6, 6.07) is 62.2. The summed E-state index contributed by atoms with van der Waals surface area (Å²) in [6.45, 7) is 0. The fraction of sp³-hybridized carbons (Fsp3) is 0.0200. The van der Waals surface area contributed by atoms with Crippen LogP contribution in [0.2, 0.25) is 0 Å². The summed E-state index contributed by atoms with van der Waals surface area (Å²) < 4.78 is 6.59. The van der Waals surface area contributed by atoms with Crippen LogP contribution in [-0.2, 0) is 5.41 Å². The molecule has 0 N–H and O–H groups in total. The van der Waals surface area contributed by atoms with Gasteiger partial charge in [0, 0.05) is 45.8 Å². The molecule has 252 valence electrons. The van der Waals surface area contributed by atoms with Gasteiger partial charge in [-0.2, -0.15) is 0 Å². The Kier molecular flexibility index (Phi) is 6.73. The van der Waals surface area contributed by atoms with Gasteiger partial charge in [-0.1, -0.05) is 133 Å². The van der Waals surface area contributed by atoms with Crippen molar-refractivity contribution in [3.05, 3.63) is 211 Å². The standard InChI is InChI=1S/C50H31N3O/c1-2-12-33(13-3-1)49-52-45(36-21-20-32-11-4-5-14-34(32)27-36)30-46(53-49)37-23-25-42-40(29-37)39-28-35(38-15-10-26-51-31-38)22-24-41(39)50(42)43-16-6-8-18-47(43)54-48-19-9-7-17-44(48)50/h1-31H. The molecule has 0 fully saturated rings. The number of nitrogens with zero attached hydrogens (tertiary/aromatic N) is 3. The molecule has 0 saturated carbocycles. The minimum absolute atomic E-state index is 0.570. The maximum absolute atomic E-state index is 6.59. The molecule has 0 radical (unpaired) electrons. The highest BCUT2D eigenvalue weighted by Crippen LogP contribution is 2.62. The lowest BCUT2D eigenvalue weighted by atomic mass is 9.66. The second-order valence-electron chi connectivity index (χ2n) is 14.0. The highest BCUT2D eigenvalue weighted by Gasteiger charge is 2.51. The highest BCUT2D eigenvalue weighted by molar-refractivity contribution is 5.93. The van der Waals surface area contributed by atoms with Crippen LogP contribution in [0.25, 0.3) is 66.9 Å². The third kappa shape index (κ3) is 4.60. The molecule has 0 amide bonds. The molecule has 0 bridgehead atoms. The molecule has 1 aliphatic carbocycles. The predicted molar refractivity (Wildman–Crippen MR) is 216 cm³/mol. The SMILES string of the molecule is c1ccc(-c2nc(-c3ccc4c(c3)-c3cc(-c5cccnc5)ccc3C43c4ccccc4Oc4ccccc43)cc(-c3ccc4ccccc4c3)n2)cc1. The number of benzene rings is 7. The summed E-state index contributed by atoms with van der Waals surface area (Å²) in [7, 11) is 0. The van der Waals surface area contributed by atoms with E-state index in [0.717, 1.165) is 61.8 Å². The zero-order chi connectivity index (χ0) is 35.6. The van der Waals surface area contributed by atoms with Gasteiger partial charge in [-0.25, -0.2) is 9.97 Å². The van der Waals surface area contributed by atoms with Gasteiger partial charge in [-0.3, -0.25) is 4.98 Å². The normalized spacial score (nSPS) is 13.1. The number of rotatable bonds is 4. The minimum atomic E-state index is -0.570. The third-order valence-electron chi connectivity index (χ3n) is 11.0. The maximum atomic E-state index is 6.59. The van der Waals surface area contributed by atoms with Crippen molar-refractivity contribution >= 4 is 10.8 Å². The number of para-hydroxylation sites is 2. The van der Waals surface area contributed by atoms with E-state index in [-0.39, 0.29) is 0 Å². The van der Waals surface area contributed by atoms with Gasteiger partial charge in [0.2, 0.25) is 0 Å². The summed E-state index contributed by atoms with van der Waals surface area (Å²) in [5, 5.41) is 2.38. The zero-order valence-corrected chi connectivity index (χ0v) is 29.1. The van der Waals surface area contributed by atoms with Crippen molar-refractivity contribution < 1.29 is 4.74 Å². The first kappa shape index (κ1) is 30.5. The molecule has 4 heteroatoms. The molecule has 1 spiro atoms. The van der Waals surface area contributed by atoms with E-state index in [0.29, 0.717) is 5.82 Å². The van der Waals surface area contributed by atoms with Crippen LogP contribution >= 0.6 is 0 Å². The van der Waals surface area contributed by atoms with Crippen LogP contribution in [0, 0.1) is 0 Å². The molecular weight excluding hydrogens is 659 g/mol. The van der Waals surface area contributed by atoms with E-state index >= 15 is 0 Å². The smallest absolute Gasteiger partial charge is 0.160 e. The molecule has 2 aliphatic rings. The minimum Gasteiger partial charge on any atom is -0.457 e. The van der Waals surface area contributed by atoms with Crippen LogP contribution < -0.4 is 4.74 Å². The summed E-state index contributed by atoms with van der Waals surface area (Å²) in [6.07, 6.45) is 3.75. The Morgan fingerprint density at radius 3 is 1.67 bits per heavy atom. The predicted octanol–water partition coefficient (Wildman–Crippen LogP) is 12.2. The lowest BCUT2D eigenvalue weighted by Crippen LogP contribution is -2.32. The molecule has 0 unspecified atom stereocenters. The molecule has 0 saturated heterocycles. The largest absolute Gasteiger partial charge is 0.457 e. The van der Waals surface area contributed by atoms with Gasteiger partial charge in [-0.05, 0) is 81.1 Å². The third-order valence-corrected chi connectivity index (χ3v) is 11.0. The Morgan fingerprint density at radius 2 is 0.963 bits per heavy atom. The first-order chi connectivity index (χ1) is 26.7. The Morgan fingerprint density at radius 1 is 0.389 bits per heavy atom. The number of aromatic nitrogens is 3. The van der Waals surface area contributed by atoms with Crippen molar-refractivity contribution in [3.8, 4) is 67.7 Å². The van der Waals surface area contributed by atoms with Gasteiger partial charge in [0.05, 0.1) is 16.8 Å². The quantitative estimate of drug-likeness (QED) is 0.185. The number of hydrogen-bond donors (Lipinski definition) is 0. The Hall–Kier alpha value is -7.17. The van der Waals surface area contributed by atoms with Crippen LogP contribution in [-0.4, -0.2) is 15.0 Å². The lowest BCUT2D eigenvalue weighted by Gasteiger charge is -2.39. The van der Waals surface area contributed by atoms with E-state index < -0.39 is 5.41 Å². The first-order valence-corrected chi connectivity index (χ1v) is 18.2. The van der Waals surface area contributed by atoms with E-state index in [4.69, 9.17) is 14.7 Å². The molecule has 54 heavy (non-hydrogen) atoms. The van der Waals surface area contributed by atoms with Crippen LogP contribution in [0.3, 0.4) is 0 Å². The molecule has 3 heterocycles. The maximum Gasteiger partial charge on any atom is 0.160 e.